The first kappa shape index (κ1) is 12.8. The van der Waals surface area contributed by atoms with Gasteiger partial charge in [0.1, 0.15) is 0 Å². The molecule has 1 aliphatic carbocycles. The molecule has 8 nitrogen and oxygen atoms in total. The summed E-state index contributed by atoms with van der Waals surface area (Å²) >= 11 is 0. The summed E-state index contributed by atoms with van der Waals surface area (Å²) in [7, 11) is 1.48. The molecule has 0 aliphatic heterocycles. The quantitative estimate of drug-likeness (QED) is 0.419. The summed E-state index contributed by atoms with van der Waals surface area (Å²) < 4.78 is 4.95. The number of ether oxygens (including phenoxy) is 1. The van der Waals surface area contributed by atoms with E-state index in [2.05, 4.69) is 25.7 Å². The highest BCUT2D eigenvalue weighted by Gasteiger charge is 2.22. The summed E-state index contributed by atoms with van der Waals surface area (Å²) in [4.78, 5) is 12.0. The van der Waals surface area contributed by atoms with Gasteiger partial charge in [-0.05, 0) is 25.2 Å². The number of aromatic nitrogens is 3. The molecule has 2 atom stereocenters. The van der Waals surface area contributed by atoms with Crippen molar-refractivity contribution in [1.82, 2.24) is 15.0 Å². The molecule has 8 heteroatoms. The summed E-state index contributed by atoms with van der Waals surface area (Å²) in [6.45, 7) is 0.717. The third-order valence-electron chi connectivity index (χ3n) is 2.99. The van der Waals surface area contributed by atoms with Crippen LogP contribution in [-0.4, -0.2) is 39.8 Å². The largest absolute Gasteiger partial charge is 0.467 e. The molecule has 1 aromatic rings. The predicted octanol–water partition coefficient (Wildman–Crippen LogP) is -0.261. The van der Waals surface area contributed by atoms with E-state index >= 15 is 0 Å². The molecule has 0 aromatic carbocycles. The van der Waals surface area contributed by atoms with Gasteiger partial charge in [-0.15, -0.1) is 0 Å². The molecule has 0 saturated heterocycles. The Labute approximate surface area is 105 Å². The van der Waals surface area contributed by atoms with Crippen molar-refractivity contribution in [2.45, 2.75) is 25.4 Å². The first-order chi connectivity index (χ1) is 8.71. The van der Waals surface area contributed by atoms with Crippen LogP contribution >= 0.6 is 0 Å². The molecule has 1 saturated carbocycles. The molecule has 5 N–H and O–H groups in total. The van der Waals surface area contributed by atoms with E-state index in [1.54, 1.807) is 0 Å². The van der Waals surface area contributed by atoms with Crippen LogP contribution < -0.4 is 21.3 Å². The predicted molar refractivity (Wildman–Crippen MR) is 66.0 cm³/mol. The minimum Gasteiger partial charge on any atom is -0.467 e. The number of methoxy groups -OCH3 is 1. The highest BCUT2D eigenvalue weighted by atomic mass is 16.5. The monoisotopic (exact) mass is 254 g/mol. The molecule has 1 aliphatic rings. The molecule has 2 unspecified atom stereocenters. The lowest BCUT2D eigenvalue weighted by Crippen LogP contribution is -2.17. The Morgan fingerprint density at radius 2 is 2.11 bits per heavy atom. The van der Waals surface area contributed by atoms with Gasteiger partial charge in [-0.1, -0.05) is 0 Å². The summed E-state index contributed by atoms with van der Waals surface area (Å²) in [6.07, 6.45) is 2.52. The molecule has 100 valence electrons. The second-order valence-corrected chi connectivity index (χ2v) is 4.33. The fourth-order valence-corrected chi connectivity index (χ4v) is 2.06. The lowest BCUT2D eigenvalue weighted by Gasteiger charge is -2.11. The first-order valence-corrected chi connectivity index (χ1v) is 5.90. The number of nitrogens with two attached hydrogens (primary N) is 1. The van der Waals surface area contributed by atoms with Gasteiger partial charge in [0.05, 0.1) is 13.2 Å². The molecule has 1 aromatic heterocycles. The van der Waals surface area contributed by atoms with Gasteiger partial charge in [0.2, 0.25) is 11.9 Å². The lowest BCUT2D eigenvalue weighted by molar-refractivity contribution is 0.178. The fraction of sp³-hybridized carbons (Fsp3) is 0.700. The fourth-order valence-electron chi connectivity index (χ4n) is 2.06. The van der Waals surface area contributed by atoms with E-state index in [1.807, 2.05) is 0 Å². The highest BCUT2D eigenvalue weighted by molar-refractivity contribution is 5.34. The number of anilines is 2. The zero-order valence-electron chi connectivity index (χ0n) is 10.3. The third-order valence-corrected chi connectivity index (χ3v) is 2.99. The number of nitrogens with one attached hydrogen (secondary N) is 2. The van der Waals surface area contributed by atoms with Crippen LogP contribution in [-0.2, 0) is 0 Å². The molecule has 2 rings (SSSR count). The topological polar surface area (TPSA) is 118 Å². The summed E-state index contributed by atoms with van der Waals surface area (Å²) in [5.41, 5.74) is 2.35. The molecule has 18 heavy (non-hydrogen) atoms. The second-order valence-electron chi connectivity index (χ2n) is 4.33. The zero-order valence-corrected chi connectivity index (χ0v) is 10.3. The number of aliphatic hydroxyl groups excluding tert-OH is 1. The normalized spacial score (nSPS) is 22.8. The zero-order chi connectivity index (χ0) is 13.0. The number of nitrogens with zero attached hydrogens (tertiary/aromatic N) is 3. The average molecular weight is 254 g/mol. The van der Waals surface area contributed by atoms with Crippen molar-refractivity contribution >= 4 is 11.9 Å². The number of hydrogen-bond acceptors (Lipinski definition) is 8. The molecular formula is C10H18N6O2. The van der Waals surface area contributed by atoms with Crippen molar-refractivity contribution in [1.29, 1.82) is 0 Å². The Bertz CT molecular complexity index is 380. The maximum absolute atomic E-state index is 9.45. The maximum atomic E-state index is 9.45. The Morgan fingerprint density at radius 1 is 1.33 bits per heavy atom. The van der Waals surface area contributed by atoms with Gasteiger partial charge in [-0.3, -0.25) is 5.43 Å². The molecular weight excluding hydrogens is 236 g/mol. The Morgan fingerprint density at radius 3 is 2.72 bits per heavy atom. The van der Waals surface area contributed by atoms with Crippen molar-refractivity contribution in [3.05, 3.63) is 0 Å². The number of nitrogen functional groups attached to an aromatic ring is 1. The van der Waals surface area contributed by atoms with Crippen molar-refractivity contribution in [3.63, 3.8) is 0 Å². The van der Waals surface area contributed by atoms with Gasteiger partial charge in [0.15, 0.2) is 0 Å². The molecule has 0 amide bonds. The van der Waals surface area contributed by atoms with Crippen LogP contribution in [0.1, 0.15) is 19.3 Å². The number of hydrogen-bond donors (Lipinski definition) is 4. The van der Waals surface area contributed by atoms with Crippen LogP contribution in [0.4, 0.5) is 11.9 Å². The van der Waals surface area contributed by atoms with Crippen LogP contribution in [0.5, 0.6) is 6.01 Å². The van der Waals surface area contributed by atoms with E-state index in [4.69, 9.17) is 10.6 Å². The van der Waals surface area contributed by atoms with Gasteiger partial charge < -0.3 is 15.2 Å². The van der Waals surface area contributed by atoms with Crippen molar-refractivity contribution in [2.24, 2.45) is 11.8 Å². The molecule has 0 bridgehead atoms. The maximum Gasteiger partial charge on any atom is 0.322 e. The van der Waals surface area contributed by atoms with Gasteiger partial charge in [0.25, 0.3) is 0 Å². The Hall–Kier alpha value is -1.67. The minimum absolute atomic E-state index is 0.175. The molecule has 0 radical (unpaired) electrons. The van der Waals surface area contributed by atoms with Crippen LogP contribution in [0.15, 0.2) is 0 Å². The number of hydrazine groups is 1. The van der Waals surface area contributed by atoms with Gasteiger partial charge in [-0.25, -0.2) is 5.84 Å². The van der Waals surface area contributed by atoms with Gasteiger partial charge in [-0.2, -0.15) is 15.0 Å². The highest BCUT2D eigenvalue weighted by Crippen LogP contribution is 2.25. The van der Waals surface area contributed by atoms with Crippen LogP contribution in [0.2, 0.25) is 0 Å². The van der Waals surface area contributed by atoms with E-state index in [0.717, 1.165) is 19.3 Å². The third kappa shape index (κ3) is 3.17. The standard InChI is InChI=1S/C10H18N6O2/c1-18-10-14-8(13-9(15-10)16-11)12-5-6-2-3-7(17)4-6/h6-7,17H,2-5,11H2,1H3,(H2,12,13,14,15,16). The smallest absolute Gasteiger partial charge is 0.322 e. The molecule has 0 spiro atoms. The van der Waals surface area contributed by atoms with Crippen molar-refractivity contribution < 1.29 is 9.84 Å². The Balaban J connectivity index is 1.95. The lowest BCUT2D eigenvalue weighted by atomic mass is 10.1. The first-order valence-electron chi connectivity index (χ1n) is 5.90. The number of rotatable bonds is 5. The van der Waals surface area contributed by atoms with Crippen molar-refractivity contribution in [2.75, 3.05) is 24.4 Å². The van der Waals surface area contributed by atoms with E-state index in [1.165, 1.54) is 7.11 Å². The Kier molecular flexibility index (Phi) is 4.11. The van der Waals surface area contributed by atoms with E-state index in [0.29, 0.717) is 18.4 Å². The summed E-state index contributed by atoms with van der Waals surface area (Å²) in [5.74, 6) is 6.36. The molecule has 1 heterocycles. The SMILES string of the molecule is COc1nc(NN)nc(NCC2CCC(O)C2)n1. The molecule has 1 fully saturated rings. The van der Waals surface area contributed by atoms with Crippen LogP contribution in [0, 0.1) is 5.92 Å². The van der Waals surface area contributed by atoms with Crippen LogP contribution in [0.3, 0.4) is 0 Å². The van der Waals surface area contributed by atoms with Crippen molar-refractivity contribution in [3.8, 4) is 6.01 Å². The van der Waals surface area contributed by atoms with Crippen LogP contribution in [0.25, 0.3) is 0 Å². The second kappa shape index (κ2) is 5.78. The summed E-state index contributed by atoms with van der Waals surface area (Å²) in [5, 5.41) is 12.6. The minimum atomic E-state index is -0.175. The summed E-state index contributed by atoms with van der Waals surface area (Å²) in [6, 6.07) is 0.201. The van der Waals surface area contributed by atoms with E-state index in [9.17, 15) is 5.11 Å². The van der Waals surface area contributed by atoms with Gasteiger partial charge >= 0.3 is 6.01 Å². The van der Waals surface area contributed by atoms with E-state index < -0.39 is 0 Å². The average Bonchev–Trinajstić information content (AvgIpc) is 2.81. The number of aliphatic hydroxyl groups is 1. The van der Waals surface area contributed by atoms with E-state index in [-0.39, 0.29) is 18.1 Å². The van der Waals surface area contributed by atoms with Gasteiger partial charge in [0, 0.05) is 6.54 Å².